The number of nitrogens with zero attached hydrogens (tertiary/aromatic N) is 3. The van der Waals surface area contributed by atoms with Gasteiger partial charge in [0, 0.05) is 19.3 Å². The standard InChI is InChI=1S/C22H20FN5O2/c1-3-27-18(24)16(21(29)25-12-14-6-8-15(23)9-7-14)11-17-20(27)26-19-13(2)5-4-10-28(19)22(17)30/h4-11,24H,3,12H2,1-2H3,(H,25,29). The van der Waals surface area contributed by atoms with Crippen molar-refractivity contribution in [3.8, 4) is 0 Å². The summed E-state index contributed by atoms with van der Waals surface area (Å²) in [7, 11) is 0. The van der Waals surface area contributed by atoms with E-state index in [1.165, 1.54) is 22.6 Å². The summed E-state index contributed by atoms with van der Waals surface area (Å²) in [6, 6.07) is 10.8. The number of aryl methyl sites for hydroxylation is 2. The molecule has 1 aromatic carbocycles. The minimum atomic E-state index is -0.484. The van der Waals surface area contributed by atoms with Gasteiger partial charge in [0.2, 0.25) is 0 Å². The Labute approximate surface area is 170 Å². The molecule has 0 saturated heterocycles. The Balaban J connectivity index is 1.83. The Kier molecular flexibility index (Phi) is 4.91. The molecule has 152 valence electrons. The number of rotatable bonds is 4. The van der Waals surface area contributed by atoms with E-state index in [4.69, 9.17) is 5.41 Å². The molecule has 0 aliphatic carbocycles. The Hall–Kier alpha value is -3.81. The largest absolute Gasteiger partial charge is 0.348 e. The van der Waals surface area contributed by atoms with Gasteiger partial charge in [-0.3, -0.25) is 19.4 Å². The maximum absolute atomic E-state index is 13.1. The topological polar surface area (TPSA) is 92.2 Å². The van der Waals surface area contributed by atoms with Crippen LogP contribution >= 0.6 is 0 Å². The van der Waals surface area contributed by atoms with Crippen molar-refractivity contribution in [1.29, 1.82) is 5.41 Å². The van der Waals surface area contributed by atoms with Gasteiger partial charge in [0.05, 0.1) is 10.9 Å². The lowest BCUT2D eigenvalue weighted by molar-refractivity contribution is 0.0948. The number of hydrogen-bond donors (Lipinski definition) is 2. The monoisotopic (exact) mass is 405 g/mol. The first-order chi connectivity index (χ1) is 14.4. The van der Waals surface area contributed by atoms with Crippen LogP contribution in [0.3, 0.4) is 0 Å². The van der Waals surface area contributed by atoms with Crippen LogP contribution in [-0.4, -0.2) is 19.9 Å². The van der Waals surface area contributed by atoms with E-state index >= 15 is 0 Å². The minimum absolute atomic E-state index is 0.0218. The van der Waals surface area contributed by atoms with E-state index in [1.807, 2.05) is 19.9 Å². The van der Waals surface area contributed by atoms with E-state index in [-0.39, 0.29) is 34.4 Å². The van der Waals surface area contributed by atoms with Crippen molar-refractivity contribution in [1.82, 2.24) is 19.3 Å². The van der Waals surface area contributed by atoms with Gasteiger partial charge in [-0.2, -0.15) is 0 Å². The number of aromatic nitrogens is 3. The summed E-state index contributed by atoms with van der Waals surface area (Å²) in [5, 5.41) is 11.5. The summed E-state index contributed by atoms with van der Waals surface area (Å²) in [4.78, 5) is 30.5. The molecular formula is C22H20FN5O2. The number of hydrogen-bond acceptors (Lipinski definition) is 4. The first kappa shape index (κ1) is 19.5. The molecule has 8 heteroatoms. The number of nitrogens with one attached hydrogen (secondary N) is 2. The molecule has 0 bridgehead atoms. The van der Waals surface area contributed by atoms with Crippen LogP contribution in [0.4, 0.5) is 4.39 Å². The third-order valence-electron chi connectivity index (χ3n) is 5.06. The van der Waals surface area contributed by atoms with Crippen molar-refractivity contribution in [2.75, 3.05) is 0 Å². The molecular weight excluding hydrogens is 385 g/mol. The normalized spacial score (nSPS) is 11.2. The zero-order chi connectivity index (χ0) is 21.4. The lowest BCUT2D eigenvalue weighted by Crippen LogP contribution is -2.34. The molecule has 3 aromatic heterocycles. The van der Waals surface area contributed by atoms with Gasteiger partial charge in [-0.05, 0) is 49.2 Å². The summed E-state index contributed by atoms with van der Waals surface area (Å²) in [6.45, 7) is 4.25. The summed E-state index contributed by atoms with van der Waals surface area (Å²) >= 11 is 0. The highest BCUT2D eigenvalue weighted by Crippen LogP contribution is 2.13. The molecule has 0 fully saturated rings. The van der Waals surface area contributed by atoms with E-state index in [0.29, 0.717) is 17.8 Å². The fourth-order valence-corrected chi connectivity index (χ4v) is 3.46. The van der Waals surface area contributed by atoms with Gasteiger partial charge in [-0.1, -0.05) is 18.2 Å². The van der Waals surface area contributed by atoms with Crippen LogP contribution in [0.15, 0.2) is 53.5 Å². The smallest absolute Gasteiger partial charge is 0.267 e. The molecule has 4 aromatic rings. The molecule has 0 aliphatic heterocycles. The van der Waals surface area contributed by atoms with Crippen LogP contribution in [0.5, 0.6) is 0 Å². The van der Waals surface area contributed by atoms with Crippen molar-refractivity contribution < 1.29 is 9.18 Å². The summed E-state index contributed by atoms with van der Waals surface area (Å²) in [6.07, 6.45) is 1.64. The molecule has 0 aliphatic rings. The number of fused-ring (bicyclic) bond motifs is 2. The number of amides is 1. The zero-order valence-electron chi connectivity index (χ0n) is 16.6. The van der Waals surface area contributed by atoms with E-state index in [9.17, 15) is 14.0 Å². The van der Waals surface area contributed by atoms with Crippen molar-refractivity contribution in [2.45, 2.75) is 26.9 Å². The average Bonchev–Trinajstić information content (AvgIpc) is 2.74. The van der Waals surface area contributed by atoms with Gasteiger partial charge >= 0.3 is 0 Å². The number of benzene rings is 1. The minimum Gasteiger partial charge on any atom is -0.348 e. The predicted octanol–water partition coefficient (Wildman–Crippen LogP) is 2.53. The first-order valence-corrected chi connectivity index (χ1v) is 9.53. The van der Waals surface area contributed by atoms with Crippen LogP contribution in [0.1, 0.15) is 28.4 Å². The fraction of sp³-hybridized carbons (Fsp3) is 0.182. The molecule has 1 amide bonds. The maximum atomic E-state index is 13.1. The first-order valence-electron chi connectivity index (χ1n) is 9.53. The summed E-state index contributed by atoms with van der Waals surface area (Å²) in [5.74, 6) is -0.838. The Bertz CT molecular complexity index is 1400. The molecule has 3 heterocycles. The highest BCUT2D eigenvalue weighted by atomic mass is 19.1. The van der Waals surface area contributed by atoms with Crippen molar-refractivity contribution in [3.63, 3.8) is 0 Å². The van der Waals surface area contributed by atoms with E-state index in [1.54, 1.807) is 29.0 Å². The van der Waals surface area contributed by atoms with Gasteiger partial charge in [-0.15, -0.1) is 0 Å². The van der Waals surface area contributed by atoms with Crippen molar-refractivity contribution in [2.24, 2.45) is 0 Å². The van der Waals surface area contributed by atoms with Crippen LogP contribution in [0.2, 0.25) is 0 Å². The van der Waals surface area contributed by atoms with Crippen molar-refractivity contribution in [3.05, 3.63) is 87.0 Å². The molecule has 7 nitrogen and oxygen atoms in total. The lowest BCUT2D eigenvalue weighted by Gasteiger charge is -2.14. The molecule has 0 radical (unpaired) electrons. The third kappa shape index (κ3) is 3.26. The Morgan fingerprint density at radius 2 is 1.93 bits per heavy atom. The molecule has 0 atom stereocenters. The lowest BCUT2D eigenvalue weighted by atomic mass is 10.1. The quantitative estimate of drug-likeness (QED) is 0.511. The van der Waals surface area contributed by atoms with Gasteiger partial charge in [0.1, 0.15) is 22.6 Å². The summed E-state index contributed by atoms with van der Waals surface area (Å²) < 4.78 is 16.1. The molecule has 4 rings (SSSR count). The highest BCUT2D eigenvalue weighted by Gasteiger charge is 2.17. The van der Waals surface area contributed by atoms with Crippen LogP contribution < -0.4 is 16.4 Å². The summed E-state index contributed by atoms with van der Waals surface area (Å²) in [5.41, 5.74) is 2.22. The second kappa shape index (κ2) is 7.55. The third-order valence-corrected chi connectivity index (χ3v) is 5.06. The maximum Gasteiger partial charge on any atom is 0.267 e. The van der Waals surface area contributed by atoms with E-state index < -0.39 is 5.91 Å². The second-order valence-electron chi connectivity index (χ2n) is 7.00. The molecule has 30 heavy (non-hydrogen) atoms. The molecule has 0 unspecified atom stereocenters. The van der Waals surface area contributed by atoms with Crippen LogP contribution in [0, 0.1) is 18.2 Å². The molecule has 2 N–H and O–H groups in total. The number of halogens is 1. The van der Waals surface area contributed by atoms with Gasteiger partial charge in [0.25, 0.3) is 11.5 Å². The van der Waals surface area contributed by atoms with E-state index in [0.717, 1.165) is 11.1 Å². The Morgan fingerprint density at radius 3 is 2.63 bits per heavy atom. The van der Waals surface area contributed by atoms with Crippen LogP contribution in [0.25, 0.3) is 16.7 Å². The van der Waals surface area contributed by atoms with E-state index in [2.05, 4.69) is 10.3 Å². The highest BCUT2D eigenvalue weighted by molar-refractivity contribution is 5.96. The predicted molar refractivity (Wildman–Crippen MR) is 111 cm³/mol. The molecule has 0 saturated carbocycles. The van der Waals surface area contributed by atoms with Gasteiger partial charge in [0.15, 0.2) is 0 Å². The van der Waals surface area contributed by atoms with Crippen molar-refractivity contribution >= 4 is 22.6 Å². The number of pyridine rings is 2. The zero-order valence-corrected chi connectivity index (χ0v) is 16.6. The Morgan fingerprint density at radius 1 is 1.20 bits per heavy atom. The second-order valence-corrected chi connectivity index (χ2v) is 7.00. The number of carbonyl (C=O) groups excluding carboxylic acids is 1. The average molecular weight is 405 g/mol. The van der Waals surface area contributed by atoms with Gasteiger partial charge in [-0.25, -0.2) is 9.37 Å². The van der Waals surface area contributed by atoms with Gasteiger partial charge < -0.3 is 9.88 Å². The van der Waals surface area contributed by atoms with Crippen LogP contribution in [-0.2, 0) is 13.1 Å². The molecule has 0 spiro atoms. The SMILES string of the molecule is CCn1c(=N)c(C(=O)NCc2ccc(F)cc2)cc2c(=O)n3cccc(C)c3nc21. The fourth-order valence-electron chi connectivity index (χ4n) is 3.46. The number of carbonyl (C=O) groups is 1.